The highest BCUT2D eigenvalue weighted by molar-refractivity contribution is 4.95. The smallest absolute Gasteiger partial charge is 0.176 e. The van der Waals surface area contributed by atoms with Crippen LogP contribution in [0.25, 0.3) is 0 Å². The summed E-state index contributed by atoms with van der Waals surface area (Å²) in [5.41, 5.74) is 5.85. The minimum absolute atomic E-state index is 0.116. The van der Waals surface area contributed by atoms with E-state index >= 15 is 0 Å². The second kappa shape index (κ2) is 4.60. The second-order valence-corrected chi connectivity index (χ2v) is 3.01. The van der Waals surface area contributed by atoms with Crippen molar-refractivity contribution in [3.63, 3.8) is 0 Å². The summed E-state index contributed by atoms with van der Waals surface area (Å²) in [6.07, 6.45) is 5.73. The second-order valence-electron chi connectivity index (χ2n) is 3.01. The van der Waals surface area contributed by atoms with Crippen molar-refractivity contribution in [2.24, 2.45) is 5.73 Å². The summed E-state index contributed by atoms with van der Waals surface area (Å²) < 4.78 is 10.6. The molecule has 0 saturated carbocycles. The van der Waals surface area contributed by atoms with Gasteiger partial charge in [0.15, 0.2) is 6.29 Å². The van der Waals surface area contributed by atoms with E-state index in [0.717, 1.165) is 12.8 Å². The van der Waals surface area contributed by atoms with Crippen LogP contribution in [0.2, 0.25) is 0 Å². The number of nitrogens with two attached hydrogens (primary N) is 1. The molecule has 0 spiro atoms. The maximum Gasteiger partial charge on any atom is 0.176 e. The molecule has 1 unspecified atom stereocenters. The number of hydrogen-bond donors (Lipinski definition) is 1. The third kappa shape index (κ3) is 2.30. The standard InChI is InChI=1S/C9H17NO2/c1-3-7(10)8-5-4-6-9(11-2)12-8/h4,6-9H,3,5,10H2,1-2H3/t7?,8-,9-/m0/s1. The molecule has 0 aromatic rings. The first-order valence-corrected chi connectivity index (χ1v) is 4.38. The number of methoxy groups -OCH3 is 1. The summed E-state index contributed by atoms with van der Waals surface area (Å²) in [6.45, 7) is 2.06. The van der Waals surface area contributed by atoms with E-state index in [0.29, 0.717) is 0 Å². The lowest BCUT2D eigenvalue weighted by molar-refractivity contribution is -0.137. The van der Waals surface area contributed by atoms with E-state index in [4.69, 9.17) is 15.2 Å². The van der Waals surface area contributed by atoms with Gasteiger partial charge in [-0.2, -0.15) is 0 Å². The van der Waals surface area contributed by atoms with E-state index in [9.17, 15) is 0 Å². The van der Waals surface area contributed by atoms with Gasteiger partial charge in [0.2, 0.25) is 0 Å². The highest BCUT2D eigenvalue weighted by Crippen LogP contribution is 2.16. The maximum atomic E-state index is 5.85. The SMILES string of the molecule is CCC(N)[C@@H]1CC=C[C@@H](OC)O1. The fourth-order valence-electron chi connectivity index (χ4n) is 1.27. The van der Waals surface area contributed by atoms with Gasteiger partial charge in [-0.25, -0.2) is 0 Å². The predicted octanol–water partition coefficient (Wildman–Crippen LogP) is 1.04. The molecule has 0 aromatic carbocycles. The van der Waals surface area contributed by atoms with Gasteiger partial charge in [-0.05, 0) is 18.9 Å². The lowest BCUT2D eigenvalue weighted by Gasteiger charge is -2.28. The molecule has 0 aromatic heterocycles. The molecule has 2 N–H and O–H groups in total. The molecule has 0 aliphatic carbocycles. The maximum absolute atomic E-state index is 5.85. The molecular formula is C9H17NO2. The van der Waals surface area contributed by atoms with Crippen molar-refractivity contribution in [3.8, 4) is 0 Å². The summed E-state index contributed by atoms with van der Waals surface area (Å²) >= 11 is 0. The molecule has 1 heterocycles. The molecule has 12 heavy (non-hydrogen) atoms. The lowest BCUT2D eigenvalue weighted by atomic mass is 10.0. The minimum atomic E-state index is -0.207. The first kappa shape index (κ1) is 9.71. The van der Waals surface area contributed by atoms with Gasteiger partial charge in [0.25, 0.3) is 0 Å². The molecule has 0 radical (unpaired) electrons. The first-order chi connectivity index (χ1) is 5.77. The zero-order chi connectivity index (χ0) is 8.97. The van der Waals surface area contributed by atoms with Crippen LogP contribution in [-0.4, -0.2) is 25.5 Å². The van der Waals surface area contributed by atoms with E-state index in [1.807, 2.05) is 6.08 Å². The van der Waals surface area contributed by atoms with Crippen molar-refractivity contribution in [3.05, 3.63) is 12.2 Å². The van der Waals surface area contributed by atoms with Gasteiger partial charge in [-0.1, -0.05) is 13.0 Å². The van der Waals surface area contributed by atoms with Crippen molar-refractivity contribution in [1.29, 1.82) is 0 Å². The highest BCUT2D eigenvalue weighted by Gasteiger charge is 2.22. The van der Waals surface area contributed by atoms with Crippen molar-refractivity contribution in [2.45, 2.75) is 38.2 Å². The molecule has 1 aliphatic heterocycles. The van der Waals surface area contributed by atoms with Crippen LogP contribution in [0.4, 0.5) is 0 Å². The van der Waals surface area contributed by atoms with Crippen LogP contribution in [0.5, 0.6) is 0 Å². The molecule has 70 valence electrons. The van der Waals surface area contributed by atoms with Gasteiger partial charge >= 0.3 is 0 Å². The summed E-state index contributed by atoms with van der Waals surface area (Å²) in [7, 11) is 1.63. The largest absolute Gasteiger partial charge is 0.352 e. The predicted molar refractivity (Wildman–Crippen MR) is 47.7 cm³/mol. The Hall–Kier alpha value is -0.380. The Balaban J connectivity index is 2.44. The van der Waals surface area contributed by atoms with Crippen LogP contribution in [0.1, 0.15) is 19.8 Å². The van der Waals surface area contributed by atoms with E-state index in [1.54, 1.807) is 7.11 Å². The summed E-state index contributed by atoms with van der Waals surface area (Å²) in [4.78, 5) is 0. The van der Waals surface area contributed by atoms with Gasteiger partial charge in [0.1, 0.15) is 0 Å². The summed E-state index contributed by atoms with van der Waals surface area (Å²) in [5.74, 6) is 0. The molecule has 0 fully saturated rings. The fraction of sp³-hybridized carbons (Fsp3) is 0.778. The first-order valence-electron chi connectivity index (χ1n) is 4.38. The van der Waals surface area contributed by atoms with Crippen molar-refractivity contribution in [1.82, 2.24) is 0 Å². The Morgan fingerprint density at radius 1 is 1.75 bits per heavy atom. The van der Waals surface area contributed by atoms with E-state index < -0.39 is 0 Å². The molecule has 0 amide bonds. The third-order valence-corrected chi connectivity index (χ3v) is 2.15. The van der Waals surface area contributed by atoms with E-state index in [1.165, 1.54) is 0 Å². The van der Waals surface area contributed by atoms with Crippen LogP contribution < -0.4 is 5.73 Å². The van der Waals surface area contributed by atoms with Crippen LogP contribution in [0.15, 0.2) is 12.2 Å². The van der Waals surface area contributed by atoms with Crippen molar-refractivity contribution < 1.29 is 9.47 Å². The molecular weight excluding hydrogens is 154 g/mol. The van der Waals surface area contributed by atoms with Gasteiger partial charge in [-0.15, -0.1) is 0 Å². The lowest BCUT2D eigenvalue weighted by Crippen LogP contribution is -2.40. The van der Waals surface area contributed by atoms with Gasteiger partial charge in [0.05, 0.1) is 6.10 Å². The molecule has 1 aliphatic rings. The van der Waals surface area contributed by atoms with Gasteiger partial charge in [-0.3, -0.25) is 0 Å². The Labute approximate surface area is 73.5 Å². The molecule has 3 nitrogen and oxygen atoms in total. The van der Waals surface area contributed by atoms with Gasteiger partial charge in [0, 0.05) is 13.2 Å². The van der Waals surface area contributed by atoms with Gasteiger partial charge < -0.3 is 15.2 Å². The van der Waals surface area contributed by atoms with Crippen LogP contribution in [0, 0.1) is 0 Å². The topological polar surface area (TPSA) is 44.5 Å². The van der Waals surface area contributed by atoms with E-state index in [-0.39, 0.29) is 18.4 Å². The third-order valence-electron chi connectivity index (χ3n) is 2.15. The average Bonchev–Trinajstić information content (AvgIpc) is 2.17. The van der Waals surface area contributed by atoms with Crippen LogP contribution >= 0.6 is 0 Å². The Bertz CT molecular complexity index is 159. The Kier molecular flexibility index (Phi) is 3.72. The average molecular weight is 171 g/mol. The number of hydrogen-bond acceptors (Lipinski definition) is 3. The summed E-state index contributed by atoms with van der Waals surface area (Å²) in [5, 5.41) is 0. The zero-order valence-corrected chi connectivity index (χ0v) is 7.69. The molecule has 0 saturated heterocycles. The van der Waals surface area contributed by atoms with Crippen LogP contribution in [-0.2, 0) is 9.47 Å². The quantitative estimate of drug-likeness (QED) is 0.645. The number of ether oxygens (including phenoxy) is 2. The normalized spacial score (nSPS) is 31.9. The monoisotopic (exact) mass is 171 g/mol. The zero-order valence-electron chi connectivity index (χ0n) is 7.69. The molecule has 0 bridgehead atoms. The fourth-order valence-corrected chi connectivity index (χ4v) is 1.27. The summed E-state index contributed by atoms with van der Waals surface area (Å²) in [6, 6.07) is 0.118. The molecule has 3 atom stereocenters. The Morgan fingerprint density at radius 2 is 2.50 bits per heavy atom. The number of rotatable bonds is 3. The van der Waals surface area contributed by atoms with Crippen molar-refractivity contribution in [2.75, 3.05) is 7.11 Å². The minimum Gasteiger partial charge on any atom is -0.352 e. The molecule has 1 rings (SSSR count). The van der Waals surface area contributed by atoms with Crippen molar-refractivity contribution >= 4 is 0 Å². The van der Waals surface area contributed by atoms with E-state index in [2.05, 4.69) is 13.0 Å². The molecule has 3 heteroatoms. The highest BCUT2D eigenvalue weighted by atomic mass is 16.7. The Morgan fingerprint density at radius 3 is 3.08 bits per heavy atom. The van der Waals surface area contributed by atoms with Crippen LogP contribution in [0.3, 0.4) is 0 Å².